The molecule has 4 heterocycles. The van der Waals surface area contributed by atoms with Gasteiger partial charge >= 0.3 is 0 Å². The summed E-state index contributed by atoms with van der Waals surface area (Å²) in [6.07, 6.45) is 7.90. The number of ether oxygens (including phenoxy) is 3. The number of carbonyl (C=O) groups excluding carboxylic acids is 1. The zero-order valence-corrected chi connectivity index (χ0v) is 30.5. The molecular weight excluding hydrogens is 658 g/mol. The third-order valence-corrected chi connectivity index (χ3v) is 12.2. The van der Waals surface area contributed by atoms with Gasteiger partial charge in [0.2, 0.25) is 0 Å². The second kappa shape index (κ2) is 16.1. The zero-order valence-electron chi connectivity index (χ0n) is 30.5. The number of quaternary nitrogens is 1. The van der Waals surface area contributed by atoms with Crippen molar-refractivity contribution in [3.8, 4) is 17.2 Å². The monoisotopic (exact) mass is 714 g/mol. The number of amides is 1. The smallest absolute Gasteiger partial charge is 0.262 e. The fourth-order valence-electron chi connectivity index (χ4n) is 9.23. The van der Waals surface area contributed by atoms with E-state index in [1.165, 1.54) is 50.9 Å². The molecular formula is C42H56N3O7+. The minimum absolute atomic E-state index is 0.00676. The molecule has 3 aromatic carbocycles. The van der Waals surface area contributed by atoms with Crippen LogP contribution in [0.1, 0.15) is 87.1 Å². The molecule has 2 bridgehead atoms. The number of nitrogens with zero attached hydrogens (tertiary/aromatic N) is 1. The van der Waals surface area contributed by atoms with E-state index in [0.29, 0.717) is 36.1 Å². The first-order valence-electron chi connectivity index (χ1n) is 19.4. The molecule has 8 rings (SSSR count). The molecule has 1 aliphatic carbocycles. The van der Waals surface area contributed by atoms with Crippen molar-refractivity contribution < 1.29 is 38.8 Å². The molecule has 5 N–H and O–H groups in total. The standard InChI is InChI=1S/C42H55N3O7/c1-2-36(43-25-38(47)35-23-33(46)24-37-41(35)51-27-40(48)44-37)29-13-15-34(16-14-29)50-22-8-19-45-20-17-30(18-21-45)39(26-45)52-28-42(49,32-11-6-7-12-32)31-9-4-3-5-10-31/h3-5,9-10,13-16,23-24,30,32,36,38-39,43,47,49H,2,6-8,11-12,17-22,25-28H2,1H3,(H-,44,46,48)/p+1/t30?,36-,38-,39-,42?,45?/m0/s1. The van der Waals surface area contributed by atoms with E-state index in [9.17, 15) is 20.1 Å². The summed E-state index contributed by atoms with van der Waals surface area (Å²) in [5, 5.41) is 39.3. The van der Waals surface area contributed by atoms with Crippen LogP contribution in [0.3, 0.4) is 0 Å². The van der Waals surface area contributed by atoms with Gasteiger partial charge in [0.25, 0.3) is 5.91 Å². The normalized spacial score (nSPS) is 25.1. The molecule has 0 radical (unpaired) electrons. The lowest BCUT2D eigenvalue weighted by molar-refractivity contribution is -0.946. The van der Waals surface area contributed by atoms with Crippen molar-refractivity contribution in [2.45, 2.75) is 82.1 Å². The molecule has 3 aromatic rings. The molecule has 280 valence electrons. The Morgan fingerprint density at radius 1 is 1.04 bits per heavy atom. The first-order chi connectivity index (χ1) is 25.2. The van der Waals surface area contributed by atoms with E-state index >= 15 is 0 Å². The van der Waals surface area contributed by atoms with Gasteiger partial charge in [-0.1, -0.05) is 62.2 Å². The molecule has 1 amide bonds. The molecule has 10 nitrogen and oxygen atoms in total. The summed E-state index contributed by atoms with van der Waals surface area (Å²) >= 11 is 0. The van der Waals surface area contributed by atoms with Crippen molar-refractivity contribution in [2.24, 2.45) is 11.8 Å². The van der Waals surface area contributed by atoms with Crippen LogP contribution in [0, 0.1) is 11.8 Å². The van der Waals surface area contributed by atoms with Crippen LogP contribution < -0.4 is 20.1 Å². The Balaban J connectivity index is 0.881. The fourth-order valence-corrected chi connectivity index (χ4v) is 9.23. The second-order valence-electron chi connectivity index (χ2n) is 15.6. The third kappa shape index (κ3) is 8.11. The minimum atomic E-state index is -0.944. The average molecular weight is 715 g/mol. The molecule has 4 aliphatic heterocycles. The topological polar surface area (TPSA) is 130 Å². The van der Waals surface area contributed by atoms with Crippen LogP contribution in [0.25, 0.3) is 0 Å². The van der Waals surface area contributed by atoms with Crippen molar-refractivity contribution in [1.29, 1.82) is 0 Å². The molecule has 5 aliphatic rings. The summed E-state index contributed by atoms with van der Waals surface area (Å²) < 4.78 is 19.6. The zero-order chi connectivity index (χ0) is 36.1. The number of hydrogen-bond acceptors (Lipinski definition) is 8. The SMILES string of the molecule is CC[C@H](NC[C@H](O)c1cc(O)cc2c1OCC(=O)N2)c1ccc(OCCC[N+]23CCC(CC2)[C@@H](OCC(O)(c2ccccc2)C2CCCC2)C3)cc1. The van der Waals surface area contributed by atoms with Gasteiger partial charge in [-0.2, -0.15) is 0 Å². The Labute approximate surface area is 307 Å². The van der Waals surface area contributed by atoms with Crippen LogP contribution in [-0.2, 0) is 15.1 Å². The molecule has 3 saturated heterocycles. The van der Waals surface area contributed by atoms with Crippen molar-refractivity contribution in [3.63, 3.8) is 0 Å². The number of aliphatic hydroxyl groups is 2. The van der Waals surface area contributed by atoms with E-state index in [4.69, 9.17) is 14.2 Å². The largest absolute Gasteiger partial charge is 0.508 e. The summed E-state index contributed by atoms with van der Waals surface area (Å²) in [5.41, 5.74) is 1.96. The third-order valence-electron chi connectivity index (χ3n) is 12.2. The number of carbonyl (C=O) groups is 1. The fraction of sp³-hybridized carbons (Fsp3) is 0.548. The number of rotatable bonds is 16. The van der Waals surface area contributed by atoms with E-state index in [0.717, 1.165) is 60.1 Å². The van der Waals surface area contributed by atoms with Crippen LogP contribution in [0.2, 0.25) is 0 Å². The molecule has 1 saturated carbocycles. The summed E-state index contributed by atoms with van der Waals surface area (Å²) in [6.45, 7) is 7.72. The van der Waals surface area contributed by atoms with E-state index in [2.05, 4.69) is 41.8 Å². The molecule has 10 heteroatoms. The first kappa shape index (κ1) is 36.7. The van der Waals surface area contributed by atoms with Gasteiger partial charge in [0.15, 0.2) is 6.61 Å². The predicted molar refractivity (Wildman–Crippen MR) is 199 cm³/mol. The Morgan fingerprint density at radius 3 is 2.52 bits per heavy atom. The van der Waals surface area contributed by atoms with Gasteiger partial charge in [0, 0.05) is 49.4 Å². The maximum absolute atomic E-state index is 12.1. The summed E-state index contributed by atoms with van der Waals surface area (Å²) in [7, 11) is 0. The number of aliphatic hydroxyl groups excluding tert-OH is 1. The highest BCUT2D eigenvalue weighted by molar-refractivity contribution is 5.96. The molecule has 52 heavy (non-hydrogen) atoms. The Morgan fingerprint density at radius 2 is 1.79 bits per heavy atom. The van der Waals surface area contributed by atoms with Gasteiger partial charge in [-0.15, -0.1) is 0 Å². The van der Waals surface area contributed by atoms with Crippen LogP contribution in [-0.4, -0.2) is 84.4 Å². The highest BCUT2D eigenvalue weighted by Crippen LogP contribution is 2.43. The number of piperidine rings is 3. The lowest BCUT2D eigenvalue weighted by Gasteiger charge is -2.53. The van der Waals surface area contributed by atoms with Crippen LogP contribution >= 0.6 is 0 Å². The number of phenols is 1. The highest BCUT2D eigenvalue weighted by atomic mass is 16.5. The summed E-state index contributed by atoms with van der Waals surface area (Å²) in [4.78, 5) is 11.7. The number of benzene rings is 3. The lowest BCUT2D eigenvalue weighted by Crippen LogP contribution is -2.65. The number of hydrogen-bond donors (Lipinski definition) is 5. The number of anilines is 1. The maximum Gasteiger partial charge on any atom is 0.262 e. The number of nitrogens with one attached hydrogen (secondary N) is 2. The van der Waals surface area contributed by atoms with E-state index in [-0.39, 0.29) is 42.9 Å². The van der Waals surface area contributed by atoms with Crippen molar-refractivity contribution >= 4 is 11.6 Å². The van der Waals surface area contributed by atoms with Gasteiger partial charge in [-0.05, 0) is 54.5 Å². The van der Waals surface area contributed by atoms with Gasteiger partial charge in [-0.25, -0.2) is 0 Å². The van der Waals surface area contributed by atoms with Crippen molar-refractivity contribution in [1.82, 2.24) is 5.32 Å². The number of fused-ring (bicyclic) bond motifs is 4. The summed E-state index contributed by atoms with van der Waals surface area (Å²) in [6, 6.07) is 21.3. The molecule has 0 spiro atoms. The first-order valence-corrected chi connectivity index (χ1v) is 19.4. The average Bonchev–Trinajstić information content (AvgIpc) is 3.73. The predicted octanol–water partition coefficient (Wildman–Crippen LogP) is 5.97. The second-order valence-corrected chi connectivity index (χ2v) is 15.6. The molecule has 1 unspecified atom stereocenters. The van der Waals surface area contributed by atoms with E-state index in [1.54, 1.807) is 0 Å². The van der Waals surface area contributed by atoms with Crippen molar-refractivity contribution in [3.05, 3.63) is 83.4 Å². The molecule has 4 fully saturated rings. The van der Waals surface area contributed by atoms with E-state index in [1.807, 2.05) is 30.3 Å². The highest BCUT2D eigenvalue weighted by Gasteiger charge is 2.48. The van der Waals surface area contributed by atoms with Gasteiger partial charge in [0.05, 0.1) is 44.6 Å². The minimum Gasteiger partial charge on any atom is -0.508 e. The van der Waals surface area contributed by atoms with Crippen LogP contribution in [0.5, 0.6) is 17.2 Å². The number of aromatic hydroxyl groups is 1. The van der Waals surface area contributed by atoms with Crippen LogP contribution in [0.15, 0.2) is 66.7 Å². The Bertz CT molecular complexity index is 1640. The quantitative estimate of drug-likeness (QED) is 0.0908. The van der Waals surface area contributed by atoms with E-state index < -0.39 is 11.7 Å². The summed E-state index contributed by atoms with van der Waals surface area (Å²) in [5.74, 6) is 1.72. The number of phenolic OH excluding ortho intramolecular Hbond substituents is 1. The Kier molecular flexibility index (Phi) is 11.4. The Hall–Kier alpha value is -3.67. The maximum atomic E-state index is 12.1. The molecule has 4 atom stereocenters. The van der Waals surface area contributed by atoms with Gasteiger partial charge in [0.1, 0.15) is 35.5 Å². The van der Waals surface area contributed by atoms with Gasteiger partial charge in [-0.3, -0.25) is 4.79 Å². The van der Waals surface area contributed by atoms with Gasteiger partial charge < -0.3 is 44.6 Å². The van der Waals surface area contributed by atoms with Crippen LogP contribution in [0.4, 0.5) is 5.69 Å². The molecule has 0 aromatic heterocycles. The lowest BCUT2D eigenvalue weighted by atomic mass is 9.80. The van der Waals surface area contributed by atoms with Crippen molar-refractivity contribution in [2.75, 3.05) is 57.9 Å².